The first-order valence-corrected chi connectivity index (χ1v) is 7.50. The van der Waals surface area contributed by atoms with E-state index < -0.39 is 0 Å². The van der Waals surface area contributed by atoms with E-state index in [9.17, 15) is 0 Å². The van der Waals surface area contributed by atoms with Gasteiger partial charge in [0.1, 0.15) is 0 Å². The number of hydrogen-bond donors (Lipinski definition) is 2. The molecule has 0 aliphatic heterocycles. The molecule has 112 valence electrons. The Kier molecular flexibility index (Phi) is 6.43. The fourth-order valence-electron chi connectivity index (χ4n) is 1.83. The molecule has 0 aliphatic rings. The van der Waals surface area contributed by atoms with E-state index in [-0.39, 0.29) is 5.41 Å². The fraction of sp³-hybridized carbons (Fsp3) is 0.562. The van der Waals surface area contributed by atoms with Gasteiger partial charge >= 0.3 is 0 Å². The quantitative estimate of drug-likeness (QED) is 0.644. The molecule has 1 rings (SSSR count). The Bertz CT molecular complexity index is 418. The number of hydrogen-bond acceptors (Lipinski definition) is 2. The van der Waals surface area contributed by atoms with Gasteiger partial charge in [0.05, 0.1) is 0 Å². The van der Waals surface area contributed by atoms with Crippen LogP contribution < -0.4 is 10.6 Å². The maximum atomic E-state index is 5.29. The van der Waals surface area contributed by atoms with Crippen molar-refractivity contribution >= 4 is 23.0 Å². The van der Waals surface area contributed by atoms with Crippen LogP contribution in [0.2, 0.25) is 0 Å². The molecule has 0 fully saturated rings. The summed E-state index contributed by atoms with van der Waals surface area (Å²) in [5.41, 5.74) is 2.54. The first-order chi connectivity index (χ1) is 9.29. The normalized spacial score (nSPS) is 11.5. The molecule has 20 heavy (non-hydrogen) atoms. The monoisotopic (exact) mass is 293 g/mol. The third-order valence-corrected chi connectivity index (χ3v) is 3.32. The van der Waals surface area contributed by atoms with Crippen LogP contribution >= 0.6 is 12.2 Å². The lowest BCUT2D eigenvalue weighted by molar-refractivity contribution is 0.400. The number of benzene rings is 1. The minimum Gasteiger partial charge on any atom is -0.362 e. The lowest BCUT2D eigenvalue weighted by Crippen LogP contribution is -2.30. The molecule has 0 aliphatic carbocycles. The zero-order chi connectivity index (χ0) is 15.2. The van der Waals surface area contributed by atoms with Gasteiger partial charge in [-0.2, -0.15) is 0 Å². The van der Waals surface area contributed by atoms with Gasteiger partial charge in [0.15, 0.2) is 5.11 Å². The Balaban J connectivity index is 2.39. The maximum absolute atomic E-state index is 5.29. The molecule has 4 heteroatoms. The highest BCUT2D eigenvalue weighted by Crippen LogP contribution is 2.23. The Morgan fingerprint density at radius 2 is 1.75 bits per heavy atom. The van der Waals surface area contributed by atoms with E-state index in [1.807, 2.05) is 0 Å². The summed E-state index contributed by atoms with van der Waals surface area (Å²) < 4.78 is 0. The van der Waals surface area contributed by atoms with Gasteiger partial charge in [0.2, 0.25) is 0 Å². The van der Waals surface area contributed by atoms with E-state index in [0.29, 0.717) is 5.11 Å². The molecule has 0 amide bonds. The van der Waals surface area contributed by atoms with E-state index in [4.69, 9.17) is 12.2 Å². The van der Waals surface area contributed by atoms with E-state index in [1.165, 1.54) is 5.56 Å². The van der Waals surface area contributed by atoms with Gasteiger partial charge in [-0.1, -0.05) is 32.9 Å². The zero-order valence-electron chi connectivity index (χ0n) is 13.3. The van der Waals surface area contributed by atoms with Gasteiger partial charge in [0.25, 0.3) is 0 Å². The summed E-state index contributed by atoms with van der Waals surface area (Å²) in [6.07, 6.45) is 1.08. The number of nitrogens with one attached hydrogen (secondary N) is 2. The average molecular weight is 293 g/mol. The molecular formula is C16H27N3S. The van der Waals surface area contributed by atoms with Crippen LogP contribution in [0.1, 0.15) is 32.8 Å². The topological polar surface area (TPSA) is 27.3 Å². The second-order valence-electron chi connectivity index (χ2n) is 6.37. The largest absolute Gasteiger partial charge is 0.362 e. The second kappa shape index (κ2) is 7.60. The van der Waals surface area contributed by atoms with Gasteiger partial charge in [-0.25, -0.2) is 0 Å². The molecule has 0 unspecified atom stereocenters. The smallest absolute Gasteiger partial charge is 0.170 e. The molecule has 0 saturated heterocycles. The highest BCUT2D eigenvalue weighted by atomic mass is 32.1. The molecule has 1 aromatic carbocycles. The van der Waals surface area contributed by atoms with Gasteiger partial charge in [-0.05, 0) is 62.4 Å². The predicted octanol–water partition coefficient (Wildman–Crippen LogP) is 3.22. The SMILES string of the molecule is CN(C)CCCNC(=S)Nc1ccc(C(C)(C)C)cc1. The summed E-state index contributed by atoms with van der Waals surface area (Å²) in [5, 5.41) is 7.13. The van der Waals surface area contributed by atoms with Crippen LogP contribution in [-0.4, -0.2) is 37.2 Å². The second-order valence-corrected chi connectivity index (χ2v) is 6.77. The highest BCUT2D eigenvalue weighted by Gasteiger charge is 2.12. The first kappa shape index (κ1) is 16.9. The van der Waals surface area contributed by atoms with Crippen LogP contribution in [0.15, 0.2) is 24.3 Å². The molecule has 2 N–H and O–H groups in total. The van der Waals surface area contributed by atoms with Gasteiger partial charge in [0, 0.05) is 12.2 Å². The predicted molar refractivity (Wildman–Crippen MR) is 92.5 cm³/mol. The van der Waals surface area contributed by atoms with Crippen molar-refractivity contribution in [2.24, 2.45) is 0 Å². The first-order valence-electron chi connectivity index (χ1n) is 7.09. The third-order valence-electron chi connectivity index (χ3n) is 3.08. The lowest BCUT2D eigenvalue weighted by atomic mass is 9.87. The van der Waals surface area contributed by atoms with Gasteiger partial charge < -0.3 is 15.5 Å². The molecule has 0 atom stereocenters. The third kappa shape index (κ3) is 6.35. The minimum atomic E-state index is 0.184. The number of thiocarbonyl (C=S) groups is 1. The maximum Gasteiger partial charge on any atom is 0.170 e. The Morgan fingerprint density at radius 1 is 1.15 bits per heavy atom. The van der Waals surface area contributed by atoms with Crippen LogP contribution in [-0.2, 0) is 5.41 Å². The van der Waals surface area contributed by atoms with Crippen molar-refractivity contribution in [2.75, 3.05) is 32.5 Å². The fourth-order valence-corrected chi connectivity index (χ4v) is 2.05. The molecule has 0 bridgehead atoms. The molecule has 1 aromatic rings. The van der Waals surface area contributed by atoms with Crippen molar-refractivity contribution in [1.29, 1.82) is 0 Å². The average Bonchev–Trinajstić information content (AvgIpc) is 2.34. The van der Waals surface area contributed by atoms with Crippen LogP contribution in [0.4, 0.5) is 5.69 Å². The van der Waals surface area contributed by atoms with Crippen molar-refractivity contribution in [1.82, 2.24) is 10.2 Å². The zero-order valence-corrected chi connectivity index (χ0v) is 14.1. The van der Waals surface area contributed by atoms with Gasteiger partial charge in [-0.15, -0.1) is 0 Å². The number of rotatable bonds is 5. The molecular weight excluding hydrogens is 266 g/mol. The van der Waals surface area contributed by atoms with Crippen molar-refractivity contribution in [3.8, 4) is 0 Å². The Morgan fingerprint density at radius 3 is 2.25 bits per heavy atom. The Hall–Kier alpha value is -1.13. The van der Waals surface area contributed by atoms with Crippen LogP contribution in [0, 0.1) is 0 Å². The standard InChI is InChI=1S/C16H27N3S/c1-16(2,3)13-7-9-14(10-8-13)18-15(20)17-11-6-12-19(4)5/h7-10H,6,11-12H2,1-5H3,(H2,17,18,20). The summed E-state index contributed by atoms with van der Waals surface area (Å²) in [6, 6.07) is 8.46. The van der Waals surface area contributed by atoms with Crippen molar-refractivity contribution < 1.29 is 0 Å². The minimum absolute atomic E-state index is 0.184. The van der Waals surface area contributed by atoms with Gasteiger partial charge in [-0.3, -0.25) is 0 Å². The summed E-state index contributed by atoms with van der Waals surface area (Å²) in [7, 11) is 4.15. The van der Waals surface area contributed by atoms with E-state index in [1.54, 1.807) is 0 Å². The molecule has 3 nitrogen and oxygen atoms in total. The van der Waals surface area contributed by atoms with E-state index in [0.717, 1.165) is 25.2 Å². The highest BCUT2D eigenvalue weighted by molar-refractivity contribution is 7.80. The summed E-state index contributed by atoms with van der Waals surface area (Å²) in [4.78, 5) is 2.17. The molecule has 0 saturated carbocycles. The van der Waals surface area contributed by atoms with E-state index in [2.05, 4.69) is 74.7 Å². The molecule has 0 spiro atoms. The lowest BCUT2D eigenvalue weighted by Gasteiger charge is -2.19. The summed E-state index contributed by atoms with van der Waals surface area (Å²) >= 11 is 5.29. The van der Waals surface area contributed by atoms with Crippen LogP contribution in [0.5, 0.6) is 0 Å². The van der Waals surface area contributed by atoms with Crippen LogP contribution in [0.25, 0.3) is 0 Å². The number of nitrogens with zero attached hydrogens (tertiary/aromatic N) is 1. The van der Waals surface area contributed by atoms with Crippen molar-refractivity contribution in [3.05, 3.63) is 29.8 Å². The van der Waals surface area contributed by atoms with Crippen molar-refractivity contribution in [2.45, 2.75) is 32.6 Å². The Labute approximate surface area is 128 Å². The van der Waals surface area contributed by atoms with Crippen molar-refractivity contribution in [3.63, 3.8) is 0 Å². The van der Waals surface area contributed by atoms with E-state index >= 15 is 0 Å². The molecule has 0 radical (unpaired) electrons. The molecule has 0 aromatic heterocycles. The number of anilines is 1. The summed E-state index contributed by atoms with van der Waals surface area (Å²) in [6.45, 7) is 8.60. The summed E-state index contributed by atoms with van der Waals surface area (Å²) in [5.74, 6) is 0. The van der Waals surface area contributed by atoms with Crippen LogP contribution in [0.3, 0.4) is 0 Å². The molecule has 0 heterocycles.